The van der Waals surface area contributed by atoms with E-state index in [1.54, 1.807) is 44.0 Å². The van der Waals surface area contributed by atoms with Gasteiger partial charge < -0.3 is 30.4 Å². The number of ether oxygens (including phenoxy) is 4. The summed E-state index contributed by atoms with van der Waals surface area (Å²) >= 11 is 13.9. The van der Waals surface area contributed by atoms with E-state index in [0.29, 0.717) is 71.1 Å². The number of likely N-dealkylation sites (tertiary alicyclic amines) is 2. The molecule has 2 aliphatic rings. The number of amides is 2. The Morgan fingerprint density at radius 3 is 1.63 bits per heavy atom. The molecule has 2 fully saturated rings. The summed E-state index contributed by atoms with van der Waals surface area (Å²) in [5.74, 6) is 1.30. The van der Waals surface area contributed by atoms with Gasteiger partial charge in [0.05, 0.1) is 27.7 Å². The van der Waals surface area contributed by atoms with Crippen molar-refractivity contribution in [2.75, 3.05) is 20.1 Å². The molecule has 0 saturated carbocycles. The molecular formula is C55H56Cl2N8O6. The van der Waals surface area contributed by atoms with Crippen LogP contribution in [0.5, 0.6) is 23.0 Å². The minimum absolute atomic E-state index is 0.150. The van der Waals surface area contributed by atoms with Crippen molar-refractivity contribution in [2.45, 2.75) is 91.1 Å². The average molecular weight is 996 g/mol. The van der Waals surface area contributed by atoms with Crippen molar-refractivity contribution in [3.05, 3.63) is 163 Å². The van der Waals surface area contributed by atoms with Gasteiger partial charge >= 0.3 is 0 Å². The smallest absolute Gasteiger partial charge is 0.234 e. The van der Waals surface area contributed by atoms with Crippen LogP contribution in [0.3, 0.4) is 0 Å². The molecule has 0 unspecified atom stereocenters. The number of rotatable bonds is 20. The van der Waals surface area contributed by atoms with Crippen LogP contribution in [0.2, 0.25) is 10.0 Å². The fourth-order valence-electron chi connectivity index (χ4n) is 9.33. The van der Waals surface area contributed by atoms with Crippen molar-refractivity contribution >= 4 is 41.2 Å². The summed E-state index contributed by atoms with van der Waals surface area (Å²) in [6.45, 7) is 7.28. The van der Waals surface area contributed by atoms with E-state index in [1.807, 2.05) is 53.4 Å². The number of nitrogens with zero attached hydrogens (tertiary/aromatic N) is 6. The molecule has 0 radical (unpaired) electrons. The van der Waals surface area contributed by atoms with Crippen LogP contribution in [-0.2, 0) is 49.1 Å². The van der Waals surface area contributed by atoms with Crippen LogP contribution < -0.4 is 30.4 Å². The Labute approximate surface area is 424 Å². The molecule has 2 atom stereocenters. The number of carbonyl (C=O) groups excluding carboxylic acids is 2. The highest BCUT2D eigenvalue weighted by atomic mass is 35.5. The van der Waals surface area contributed by atoms with E-state index in [1.165, 1.54) is 6.20 Å². The van der Waals surface area contributed by atoms with Gasteiger partial charge in [0, 0.05) is 91.1 Å². The monoisotopic (exact) mass is 994 g/mol. The highest BCUT2D eigenvalue weighted by Crippen LogP contribution is 2.39. The van der Waals surface area contributed by atoms with Crippen molar-refractivity contribution in [1.82, 2.24) is 19.8 Å². The number of benzene rings is 4. The SMILES string of the molecule is CN=Cc1cncc(COc2cc(OCc3cccc(-c4cccc(COc5cc(OCc6cncc(C#N)c6)c(CN6CCC[C@H]6C(N)=O)cc5Cl)c4C)c3C)c(Cl)cc2CN2CCC[C@H]2C(N)=O)c1. The van der Waals surface area contributed by atoms with E-state index in [0.717, 1.165) is 80.6 Å². The molecule has 14 nitrogen and oxygen atoms in total. The van der Waals surface area contributed by atoms with E-state index in [4.69, 9.17) is 53.6 Å². The van der Waals surface area contributed by atoms with Crippen molar-refractivity contribution in [2.24, 2.45) is 16.5 Å². The van der Waals surface area contributed by atoms with E-state index in [-0.39, 0.29) is 50.3 Å². The van der Waals surface area contributed by atoms with Crippen molar-refractivity contribution < 1.29 is 28.5 Å². The van der Waals surface area contributed by atoms with Gasteiger partial charge in [-0.1, -0.05) is 59.6 Å². The van der Waals surface area contributed by atoms with Gasteiger partial charge in [-0.3, -0.25) is 34.3 Å². The standard InChI is InChI=1S/C55H56Cl2N8O6/c1-34-40(32-70-52-20-50(68-30-38-16-36(22-58)24-62-26-38)42(18-46(52)56)28-64-14-6-12-48(64)54(59)66)8-4-10-44(34)45-11-5-9-41(35(45)2)33-71-53-21-51(69-31-39-17-37(23-61-3)25-63-27-39)43(19-47(53)57)29-65-15-7-13-49(65)55(60)67/h4-5,8-11,16-21,23-27,48-49H,6-7,12-15,28-33H2,1-3H3,(H2,59,66)(H2,60,67)/t48-,49-/m0/s1. The molecule has 4 N–H and O–H groups in total. The van der Waals surface area contributed by atoms with Crippen molar-refractivity contribution in [3.8, 4) is 40.2 Å². The maximum Gasteiger partial charge on any atom is 0.234 e. The number of nitriles is 1. The second-order valence-electron chi connectivity index (χ2n) is 17.9. The largest absolute Gasteiger partial charge is 0.488 e. The zero-order valence-corrected chi connectivity index (χ0v) is 41.5. The summed E-state index contributed by atoms with van der Waals surface area (Å²) in [4.78, 5) is 41.3. The van der Waals surface area contributed by atoms with Crippen LogP contribution in [0.1, 0.15) is 81.3 Å². The van der Waals surface area contributed by atoms with E-state index in [9.17, 15) is 14.9 Å². The van der Waals surface area contributed by atoms with Gasteiger partial charge in [-0.2, -0.15) is 5.26 Å². The first-order valence-electron chi connectivity index (χ1n) is 23.5. The van der Waals surface area contributed by atoms with Crippen LogP contribution in [0.15, 0.2) is 103 Å². The number of aliphatic imine (C=N–C) groups is 1. The van der Waals surface area contributed by atoms with Gasteiger partial charge in [-0.15, -0.1) is 0 Å². The van der Waals surface area contributed by atoms with E-state index in [2.05, 4.69) is 51.9 Å². The summed E-state index contributed by atoms with van der Waals surface area (Å²) in [7, 11) is 1.71. The number of primary amides is 2. The number of nitrogens with two attached hydrogens (primary N) is 2. The van der Waals surface area contributed by atoms with Crippen LogP contribution in [0, 0.1) is 25.2 Å². The molecule has 4 aromatic carbocycles. The Morgan fingerprint density at radius 1 is 0.676 bits per heavy atom. The second-order valence-corrected chi connectivity index (χ2v) is 18.7. The molecule has 0 bridgehead atoms. The Bertz CT molecular complexity index is 3000. The first-order valence-corrected chi connectivity index (χ1v) is 24.2. The normalized spacial score (nSPS) is 16.0. The molecule has 2 aromatic heterocycles. The highest BCUT2D eigenvalue weighted by Gasteiger charge is 2.31. The summed E-state index contributed by atoms with van der Waals surface area (Å²) in [6, 6.07) is 24.6. The maximum atomic E-state index is 12.3. The summed E-state index contributed by atoms with van der Waals surface area (Å²) in [6.07, 6.45) is 11.5. The van der Waals surface area contributed by atoms with Gasteiger partial charge in [0.2, 0.25) is 11.8 Å². The molecule has 4 heterocycles. The topological polar surface area (TPSA) is 192 Å². The first kappa shape index (κ1) is 50.4. The Morgan fingerprint density at radius 2 is 1.15 bits per heavy atom. The first-order chi connectivity index (χ1) is 34.4. The lowest BCUT2D eigenvalue weighted by molar-refractivity contribution is -0.123. The third kappa shape index (κ3) is 12.3. The second kappa shape index (κ2) is 23.3. The van der Waals surface area contributed by atoms with Gasteiger partial charge in [0.25, 0.3) is 0 Å². The van der Waals surface area contributed by atoms with Crippen molar-refractivity contribution in [3.63, 3.8) is 0 Å². The summed E-state index contributed by atoms with van der Waals surface area (Å²) in [5, 5.41) is 10.2. The molecule has 71 heavy (non-hydrogen) atoms. The van der Waals surface area contributed by atoms with Crippen molar-refractivity contribution in [1.29, 1.82) is 5.26 Å². The predicted octanol–water partition coefficient (Wildman–Crippen LogP) is 9.20. The lowest BCUT2D eigenvalue weighted by Crippen LogP contribution is -2.39. The molecule has 16 heteroatoms. The zero-order valence-electron chi connectivity index (χ0n) is 40.0. The molecule has 0 spiro atoms. The van der Waals surface area contributed by atoms with Crippen LogP contribution in [0.25, 0.3) is 11.1 Å². The number of hydrogen-bond donors (Lipinski definition) is 2. The molecule has 2 saturated heterocycles. The maximum absolute atomic E-state index is 12.3. The number of halogens is 2. The molecule has 6 aromatic rings. The van der Waals surface area contributed by atoms with Gasteiger partial charge in [0.1, 0.15) is 55.5 Å². The van der Waals surface area contributed by atoms with E-state index < -0.39 is 0 Å². The Balaban J connectivity index is 1.00. The molecule has 2 amide bonds. The summed E-state index contributed by atoms with van der Waals surface area (Å²) < 4.78 is 25.8. The fraction of sp³-hybridized carbons (Fsp3) is 0.309. The molecule has 8 rings (SSSR count). The number of aromatic nitrogens is 2. The minimum atomic E-state index is -0.379. The molecule has 366 valence electrons. The Hall–Kier alpha value is -7.02. The predicted molar refractivity (Wildman–Crippen MR) is 274 cm³/mol. The van der Waals surface area contributed by atoms with Gasteiger partial charge in [-0.25, -0.2) is 0 Å². The summed E-state index contributed by atoms with van der Waals surface area (Å²) in [5.41, 5.74) is 22.1. The fourth-order valence-corrected chi connectivity index (χ4v) is 9.81. The lowest BCUT2D eigenvalue weighted by atomic mass is 9.92. The number of hydrogen-bond acceptors (Lipinski definition) is 12. The zero-order chi connectivity index (χ0) is 50.0. The molecule has 2 aliphatic heterocycles. The quantitative estimate of drug-likeness (QED) is 0.0693. The van der Waals surface area contributed by atoms with Crippen LogP contribution in [-0.4, -0.2) is 70.0 Å². The van der Waals surface area contributed by atoms with Crippen LogP contribution >= 0.6 is 23.2 Å². The van der Waals surface area contributed by atoms with Gasteiger partial charge in [0.15, 0.2) is 0 Å². The van der Waals surface area contributed by atoms with E-state index >= 15 is 0 Å². The third-order valence-corrected chi connectivity index (χ3v) is 13.7. The Kier molecular flexibility index (Phi) is 16.5. The van der Waals surface area contributed by atoms with Crippen LogP contribution in [0.4, 0.5) is 0 Å². The third-order valence-electron chi connectivity index (χ3n) is 13.1. The molecule has 0 aliphatic carbocycles. The number of pyridine rings is 2. The average Bonchev–Trinajstić information content (AvgIpc) is 4.04. The molecular weight excluding hydrogens is 940 g/mol. The van der Waals surface area contributed by atoms with Gasteiger partial charge in [-0.05, 0) is 110 Å². The minimum Gasteiger partial charge on any atom is -0.488 e. The number of carbonyl (C=O) groups is 2. The lowest BCUT2D eigenvalue weighted by Gasteiger charge is -2.24. The highest BCUT2D eigenvalue weighted by molar-refractivity contribution is 6.32.